The summed E-state index contributed by atoms with van der Waals surface area (Å²) in [5, 5.41) is 0. The van der Waals surface area contributed by atoms with E-state index in [2.05, 4.69) is 6.58 Å². The van der Waals surface area contributed by atoms with E-state index in [0.717, 1.165) is 18.4 Å². The summed E-state index contributed by atoms with van der Waals surface area (Å²) in [5.74, 6) is 1.58. The summed E-state index contributed by atoms with van der Waals surface area (Å²) in [7, 11) is 0. The zero-order chi connectivity index (χ0) is 14.7. The van der Waals surface area contributed by atoms with E-state index in [9.17, 15) is 14.4 Å². The summed E-state index contributed by atoms with van der Waals surface area (Å²) < 4.78 is 4.78. The number of hydrogen-bond acceptors (Lipinski definition) is 4. The summed E-state index contributed by atoms with van der Waals surface area (Å²) in [6.45, 7) is 2.93. The second-order valence-electron chi connectivity index (χ2n) is 6.82. The predicted molar refractivity (Wildman–Crippen MR) is 72.7 cm³/mol. The highest BCUT2D eigenvalue weighted by atomic mass is 16.5. The first-order chi connectivity index (χ1) is 10.1. The number of imide groups is 1. The zero-order valence-corrected chi connectivity index (χ0v) is 11.9. The van der Waals surface area contributed by atoms with Crippen LogP contribution >= 0.6 is 0 Å². The lowest BCUT2D eigenvalue weighted by Crippen LogP contribution is -2.64. The van der Waals surface area contributed by atoms with Gasteiger partial charge in [0.15, 0.2) is 6.61 Å². The molecule has 6 unspecified atom stereocenters. The van der Waals surface area contributed by atoms with Gasteiger partial charge in [-0.1, -0.05) is 6.58 Å². The lowest BCUT2D eigenvalue weighted by Gasteiger charge is -2.45. The molecule has 5 heteroatoms. The predicted octanol–water partition coefficient (Wildman–Crippen LogP) is 1.14. The molecule has 6 atom stereocenters. The standard InChI is InChI=1S/C16H19NO4/c1-2-13(19)21-7-12(18)17-15-11(16(17)20)6-10-8-3-4-9(5-8)14(10)15/h2,8-11,14-15H,1,3-7H2. The minimum absolute atomic E-state index is 0.0439. The van der Waals surface area contributed by atoms with Crippen LogP contribution in [0.1, 0.15) is 25.7 Å². The largest absolute Gasteiger partial charge is 0.452 e. The Hall–Kier alpha value is -1.65. The molecule has 0 radical (unpaired) electrons. The van der Waals surface area contributed by atoms with Gasteiger partial charge in [0.25, 0.3) is 5.91 Å². The van der Waals surface area contributed by atoms with Crippen LogP contribution in [0.2, 0.25) is 0 Å². The van der Waals surface area contributed by atoms with Crippen molar-refractivity contribution in [2.45, 2.75) is 31.7 Å². The Kier molecular flexibility index (Phi) is 2.75. The third-order valence-electron chi connectivity index (χ3n) is 6.12. The van der Waals surface area contributed by atoms with Crippen molar-refractivity contribution in [2.75, 3.05) is 6.61 Å². The molecule has 3 aliphatic carbocycles. The molecule has 4 aliphatic rings. The van der Waals surface area contributed by atoms with Gasteiger partial charge < -0.3 is 4.74 Å². The molecule has 0 aromatic heterocycles. The molecular formula is C16H19NO4. The van der Waals surface area contributed by atoms with Crippen molar-refractivity contribution in [2.24, 2.45) is 29.6 Å². The van der Waals surface area contributed by atoms with E-state index in [1.165, 1.54) is 24.2 Å². The van der Waals surface area contributed by atoms with E-state index in [1.807, 2.05) is 0 Å². The quantitative estimate of drug-likeness (QED) is 0.444. The third-order valence-corrected chi connectivity index (χ3v) is 6.12. The van der Waals surface area contributed by atoms with E-state index < -0.39 is 5.97 Å². The smallest absolute Gasteiger partial charge is 0.330 e. The summed E-state index contributed by atoms with van der Waals surface area (Å²) >= 11 is 0. The molecule has 1 aliphatic heterocycles. The lowest BCUT2D eigenvalue weighted by molar-refractivity contribution is -0.171. The molecule has 0 spiro atoms. The number of fused-ring (bicyclic) bond motifs is 7. The lowest BCUT2D eigenvalue weighted by atomic mass is 9.77. The molecular weight excluding hydrogens is 270 g/mol. The Morgan fingerprint density at radius 2 is 2.05 bits per heavy atom. The van der Waals surface area contributed by atoms with Crippen LogP contribution in [0.15, 0.2) is 12.7 Å². The van der Waals surface area contributed by atoms with Crippen LogP contribution < -0.4 is 0 Å². The summed E-state index contributed by atoms with van der Waals surface area (Å²) in [4.78, 5) is 36.8. The number of amides is 2. The second kappa shape index (κ2) is 4.42. The van der Waals surface area contributed by atoms with Crippen LogP contribution in [0.25, 0.3) is 0 Å². The van der Waals surface area contributed by atoms with Crippen molar-refractivity contribution >= 4 is 17.8 Å². The molecule has 21 heavy (non-hydrogen) atoms. The van der Waals surface area contributed by atoms with Crippen molar-refractivity contribution in [3.05, 3.63) is 12.7 Å². The van der Waals surface area contributed by atoms with Crippen molar-refractivity contribution in [1.29, 1.82) is 0 Å². The minimum Gasteiger partial charge on any atom is -0.452 e. The van der Waals surface area contributed by atoms with Crippen molar-refractivity contribution in [1.82, 2.24) is 4.90 Å². The van der Waals surface area contributed by atoms with Crippen LogP contribution in [0.4, 0.5) is 0 Å². The molecule has 4 rings (SSSR count). The van der Waals surface area contributed by atoms with Gasteiger partial charge in [-0.2, -0.15) is 0 Å². The number of esters is 1. The Morgan fingerprint density at radius 3 is 2.81 bits per heavy atom. The Balaban J connectivity index is 1.48. The van der Waals surface area contributed by atoms with Gasteiger partial charge in [-0.05, 0) is 49.4 Å². The molecule has 1 heterocycles. The first-order valence-corrected chi connectivity index (χ1v) is 7.77. The molecule has 0 aromatic carbocycles. The van der Waals surface area contributed by atoms with Crippen LogP contribution in [-0.4, -0.2) is 35.3 Å². The average Bonchev–Trinajstić information content (AvgIpc) is 3.15. The normalized spacial score (nSPS) is 42.3. The molecule has 2 bridgehead atoms. The summed E-state index contributed by atoms with van der Waals surface area (Å²) in [5.41, 5.74) is 0. The van der Waals surface area contributed by atoms with Gasteiger partial charge in [-0.15, -0.1) is 0 Å². The maximum atomic E-state index is 12.2. The number of ether oxygens (including phenoxy) is 1. The highest BCUT2D eigenvalue weighted by Gasteiger charge is 2.66. The minimum atomic E-state index is -0.628. The maximum absolute atomic E-state index is 12.2. The van der Waals surface area contributed by atoms with E-state index in [-0.39, 0.29) is 30.4 Å². The van der Waals surface area contributed by atoms with Crippen molar-refractivity contribution in [3.63, 3.8) is 0 Å². The van der Waals surface area contributed by atoms with Crippen molar-refractivity contribution < 1.29 is 19.1 Å². The number of likely N-dealkylation sites (tertiary alicyclic amines) is 1. The van der Waals surface area contributed by atoms with Gasteiger partial charge in [0.1, 0.15) is 0 Å². The fourth-order valence-electron chi connectivity index (χ4n) is 5.43. The molecule has 0 N–H and O–H groups in total. The van der Waals surface area contributed by atoms with Gasteiger partial charge in [0.05, 0.1) is 12.0 Å². The van der Waals surface area contributed by atoms with Crippen molar-refractivity contribution in [3.8, 4) is 0 Å². The fourth-order valence-corrected chi connectivity index (χ4v) is 5.43. The van der Waals surface area contributed by atoms with E-state index in [1.54, 1.807) is 0 Å². The highest BCUT2D eigenvalue weighted by Crippen LogP contribution is 2.63. The Bertz CT molecular complexity index is 542. The summed E-state index contributed by atoms with van der Waals surface area (Å²) in [6, 6.07) is 0.0766. The first-order valence-electron chi connectivity index (χ1n) is 7.77. The van der Waals surface area contributed by atoms with Crippen LogP contribution in [0.5, 0.6) is 0 Å². The van der Waals surface area contributed by atoms with Crippen LogP contribution in [-0.2, 0) is 19.1 Å². The van der Waals surface area contributed by atoms with E-state index >= 15 is 0 Å². The molecule has 1 saturated heterocycles. The SMILES string of the molecule is C=CC(=O)OCC(=O)N1C(=O)C2CC3C4CCC(C4)C3C21. The number of nitrogens with zero attached hydrogens (tertiary/aromatic N) is 1. The number of carbonyl (C=O) groups is 3. The van der Waals surface area contributed by atoms with Gasteiger partial charge >= 0.3 is 5.97 Å². The Morgan fingerprint density at radius 1 is 1.29 bits per heavy atom. The maximum Gasteiger partial charge on any atom is 0.330 e. The highest BCUT2D eigenvalue weighted by molar-refractivity contribution is 6.03. The van der Waals surface area contributed by atoms with Gasteiger partial charge in [0, 0.05) is 6.08 Å². The fraction of sp³-hybridized carbons (Fsp3) is 0.688. The Labute approximate surface area is 123 Å². The summed E-state index contributed by atoms with van der Waals surface area (Å²) in [6.07, 6.45) is 5.81. The number of carbonyl (C=O) groups excluding carboxylic acids is 3. The van der Waals surface area contributed by atoms with Crippen LogP contribution in [0, 0.1) is 29.6 Å². The second-order valence-corrected chi connectivity index (χ2v) is 6.82. The molecule has 4 fully saturated rings. The van der Waals surface area contributed by atoms with Gasteiger partial charge in [-0.25, -0.2) is 4.79 Å². The van der Waals surface area contributed by atoms with Gasteiger partial charge in [-0.3, -0.25) is 14.5 Å². The van der Waals surface area contributed by atoms with Gasteiger partial charge in [0.2, 0.25) is 5.91 Å². The first kappa shape index (κ1) is 13.0. The molecule has 0 aromatic rings. The molecule has 112 valence electrons. The third kappa shape index (κ3) is 1.66. The average molecular weight is 289 g/mol. The molecule has 3 saturated carbocycles. The van der Waals surface area contributed by atoms with Crippen LogP contribution in [0.3, 0.4) is 0 Å². The monoisotopic (exact) mass is 289 g/mol. The number of β-lactam (4-membered cyclic amide) rings is 1. The number of hydrogen-bond donors (Lipinski definition) is 0. The molecule has 5 nitrogen and oxygen atoms in total. The zero-order valence-electron chi connectivity index (χ0n) is 11.9. The number of rotatable bonds is 3. The van der Waals surface area contributed by atoms with E-state index in [4.69, 9.17) is 4.74 Å². The van der Waals surface area contributed by atoms with E-state index in [0.29, 0.717) is 17.8 Å². The molecule has 2 amide bonds. The topological polar surface area (TPSA) is 63.7 Å².